The Morgan fingerprint density at radius 3 is 2.70 bits per heavy atom. The third-order valence-corrected chi connectivity index (χ3v) is 3.82. The highest BCUT2D eigenvalue weighted by Gasteiger charge is 2.22. The van der Waals surface area contributed by atoms with Crippen molar-refractivity contribution in [3.63, 3.8) is 0 Å². The van der Waals surface area contributed by atoms with Gasteiger partial charge in [0.05, 0.1) is 12.3 Å². The summed E-state index contributed by atoms with van der Waals surface area (Å²) in [6, 6.07) is 7.48. The second kappa shape index (κ2) is 7.97. The number of hydrogen-bond donors (Lipinski definition) is 1. The number of nitrogen functional groups attached to an aromatic ring is 1. The fourth-order valence-electron chi connectivity index (χ4n) is 1.99. The van der Waals surface area contributed by atoms with Crippen molar-refractivity contribution < 1.29 is 14.3 Å². The summed E-state index contributed by atoms with van der Waals surface area (Å²) in [7, 11) is 0. The number of thiazole rings is 1. The van der Waals surface area contributed by atoms with Crippen LogP contribution in [-0.4, -0.2) is 23.7 Å². The highest BCUT2D eigenvalue weighted by atomic mass is 32.1. The Labute approximate surface area is 140 Å². The maximum absolute atomic E-state index is 12.2. The Balaban J connectivity index is 2.16. The lowest BCUT2D eigenvalue weighted by Gasteiger charge is -2.18. The molecule has 1 heterocycles. The van der Waals surface area contributed by atoms with Crippen LogP contribution in [0.25, 0.3) is 11.3 Å². The molecule has 0 saturated heterocycles. The van der Waals surface area contributed by atoms with Crippen LogP contribution in [-0.2, 0) is 9.53 Å². The van der Waals surface area contributed by atoms with Crippen molar-refractivity contribution in [1.29, 1.82) is 0 Å². The van der Waals surface area contributed by atoms with E-state index in [2.05, 4.69) is 4.98 Å². The van der Waals surface area contributed by atoms with Crippen molar-refractivity contribution in [1.82, 2.24) is 4.98 Å². The highest BCUT2D eigenvalue weighted by molar-refractivity contribution is 7.13. The summed E-state index contributed by atoms with van der Waals surface area (Å²) in [4.78, 5) is 16.4. The van der Waals surface area contributed by atoms with E-state index in [1.165, 1.54) is 11.3 Å². The topological polar surface area (TPSA) is 74.4 Å². The quantitative estimate of drug-likeness (QED) is 0.781. The smallest absolute Gasteiger partial charge is 0.347 e. The van der Waals surface area contributed by atoms with Gasteiger partial charge >= 0.3 is 5.97 Å². The van der Waals surface area contributed by atoms with Crippen LogP contribution in [0.2, 0.25) is 0 Å². The van der Waals surface area contributed by atoms with Gasteiger partial charge in [0.25, 0.3) is 0 Å². The number of nitrogens with zero attached hydrogens (tertiary/aromatic N) is 1. The lowest BCUT2D eigenvalue weighted by atomic mass is 10.1. The summed E-state index contributed by atoms with van der Waals surface area (Å²) in [6.07, 6.45) is -0.101. The number of aromatic nitrogens is 1. The Morgan fingerprint density at radius 1 is 1.35 bits per heavy atom. The first-order valence-corrected chi connectivity index (χ1v) is 8.53. The number of esters is 1. The molecule has 1 aromatic heterocycles. The van der Waals surface area contributed by atoms with Gasteiger partial charge in [0.1, 0.15) is 5.75 Å². The average molecular weight is 334 g/mol. The van der Waals surface area contributed by atoms with Crippen LogP contribution >= 0.6 is 11.3 Å². The fraction of sp³-hybridized carbons (Fsp3) is 0.412. The maximum Gasteiger partial charge on any atom is 0.347 e. The number of ether oxygens (including phenoxy) is 2. The summed E-state index contributed by atoms with van der Waals surface area (Å²) in [5.41, 5.74) is 7.26. The summed E-state index contributed by atoms with van der Waals surface area (Å²) in [5.74, 6) is 0.557. The lowest BCUT2D eigenvalue weighted by Crippen LogP contribution is -2.29. The van der Waals surface area contributed by atoms with E-state index >= 15 is 0 Å². The van der Waals surface area contributed by atoms with Gasteiger partial charge in [0, 0.05) is 10.9 Å². The van der Waals surface area contributed by atoms with Crippen LogP contribution in [0, 0.1) is 5.92 Å². The van der Waals surface area contributed by atoms with Gasteiger partial charge in [0.15, 0.2) is 11.2 Å². The number of nitrogens with two attached hydrogens (primary N) is 1. The van der Waals surface area contributed by atoms with Crippen molar-refractivity contribution >= 4 is 22.4 Å². The predicted octanol–water partition coefficient (Wildman–Crippen LogP) is 3.75. The fourth-order valence-corrected chi connectivity index (χ4v) is 2.55. The van der Waals surface area contributed by atoms with Gasteiger partial charge in [-0.2, -0.15) is 0 Å². The molecule has 1 aromatic carbocycles. The number of hydrogen-bond acceptors (Lipinski definition) is 6. The molecule has 0 aliphatic rings. The third kappa shape index (κ3) is 4.69. The molecular formula is C17H22N2O3S. The van der Waals surface area contributed by atoms with Crippen LogP contribution in [0.3, 0.4) is 0 Å². The first-order valence-electron chi connectivity index (χ1n) is 7.65. The largest absolute Gasteiger partial charge is 0.478 e. The normalized spacial score (nSPS) is 12.2. The van der Waals surface area contributed by atoms with Gasteiger partial charge in [-0.25, -0.2) is 9.78 Å². The minimum Gasteiger partial charge on any atom is -0.478 e. The molecule has 0 spiro atoms. The predicted molar refractivity (Wildman–Crippen MR) is 92.5 cm³/mol. The Kier molecular flexibility index (Phi) is 5.98. The van der Waals surface area contributed by atoms with Gasteiger partial charge in [-0.1, -0.05) is 32.9 Å². The van der Waals surface area contributed by atoms with Crippen LogP contribution in [0.15, 0.2) is 29.6 Å². The summed E-state index contributed by atoms with van der Waals surface area (Å²) < 4.78 is 11.2. The first-order chi connectivity index (χ1) is 11.0. The van der Waals surface area contributed by atoms with E-state index in [-0.39, 0.29) is 5.97 Å². The van der Waals surface area contributed by atoms with Crippen molar-refractivity contribution in [2.45, 2.75) is 33.3 Å². The summed E-state index contributed by atoms with van der Waals surface area (Å²) in [5, 5.41) is 2.37. The minimum absolute atomic E-state index is 0.293. The Morgan fingerprint density at radius 2 is 2.09 bits per heavy atom. The molecule has 0 radical (unpaired) electrons. The molecule has 2 aromatic rings. The molecule has 1 unspecified atom stereocenters. The van der Waals surface area contributed by atoms with Gasteiger partial charge in [-0.3, -0.25) is 0 Å². The van der Waals surface area contributed by atoms with Crippen LogP contribution < -0.4 is 10.5 Å². The molecule has 23 heavy (non-hydrogen) atoms. The number of para-hydroxylation sites is 1. The van der Waals surface area contributed by atoms with E-state index in [0.717, 1.165) is 11.3 Å². The van der Waals surface area contributed by atoms with Crippen molar-refractivity contribution in [2.75, 3.05) is 12.3 Å². The molecule has 1 atom stereocenters. The molecule has 0 fully saturated rings. The Bertz CT molecular complexity index is 655. The Hall–Kier alpha value is -2.08. The van der Waals surface area contributed by atoms with Crippen molar-refractivity contribution in [2.24, 2.45) is 5.92 Å². The molecule has 0 saturated carbocycles. The summed E-state index contributed by atoms with van der Waals surface area (Å²) in [6.45, 7) is 6.28. The zero-order valence-corrected chi connectivity index (χ0v) is 14.4. The van der Waals surface area contributed by atoms with Gasteiger partial charge < -0.3 is 15.2 Å². The molecule has 0 bridgehead atoms. The molecule has 0 amide bonds. The van der Waals surface area contributed by atoms with E-state index in [9.17, 15) is 4.79 Å². The minimum atomic E-state index is -0.633. The average Bonchev–Trinajstić information content (AvgIpc) is 2.97. The first kappa shape index (κ1) is 17.3. The van der Waals surface area contributed by atoms with Crippen LogP contribution in [0.1, 0.15) is 27.2 Å². The third-order valence-electron chi connectivity index (χ3n) is 3.15. The standard InChI is InChI=1S/C17H22N2O3S/c1-4-14(16(20)21-9-11(2)3)22-15-8-6-5-7-12(15)13-10-23-17(18)19-13/h5-8,10-11,14H,4,9H2,1-3H3,(H2,18,19). The molecule has 0 aliphatic heterocycles. The number of benzene rings is 1. The van der Waals surface area contributed by atoms with Crippen LogP contribution in [0.5, 0.6) is 5.75 Å². The summed E-state index contributed by atoms with van der Waals surface area (Å²) >= 11 is 1.37. The number of carbonyl (C=O) groups excluding carboxylic acids is 1. The van der Waals surface area contributed by atoms with Gasteiger partial charge in [-0.05, 0) is 24.5 Å². The van der Waals surface area contributed by atoms with Crippen molar-refractivity contribution in [3.8, 4) is 17.0 Å². The number of rotatable bonds is 7. The van der Waals surface area contributed by atoms with Crippen molar-refractivity contribution in [3.05, 3.63) is 29.6 Å². The molecular weight excluding hydrogens is 312 g/mol. The second-order valence-electron chi connectivity index (χ2n) is 5.61. The van der Waals surface area contributed by atoms with E-state index in [1.54, 1.807) is 0 Å². The molecule has 2 rings (SSSR count). The number of carbonyl (C=O) groups is 1. The molecule has 2 N–H and O–H groups in total. The maximum atomic E-state index is 12.2. The van der Waals surface area contributed by atoms with E-state index in [0.29, 0.717) is 29.8 Å². The zero-order valence-electron chi connectivity index (χ0n) is 13.6. The molecule has 6 heteroatoms. The van der Waals surface area contributed by atoms with E-state index < -0.39 is 6.10 Å². The molecule has 0 aliphatic carbocycles. The van der Waals surface area contributed by atoms with Gasteiger partial charge in [0.2, 0.25) is 0 Å². The molecule has 5 nitrogen and oxygen atoms in total. The van der Waals surface area contributed by atoms with E-state index in [1.807, 2.05) is 50.4 Å². The molecule has 124 valence electrons. The van der Waals surface area contributed by atoms with E-state index in [4.69, 9.17) is 15.2 Å². The SMILES string of the molecule is CCC(Oc1ccccc1-c1csc(N)n1)C(=O)OCC(C)C. The van der Waals surface area contributed by atoms with Gasteiger partial charge in [-0.15, -0.1) is 11.3 Å². The monoisotopic (exact) mass is 334 g/mol. The van der Waals surface area contributed by atoms with Crippen LogP contribution in [0.4, 0.5) is 5.13 Å². The number of anilines is 1. The lowest BCUT2D eigenvalue weighted by molar-refractivity contribution is -0.153. The highest BCUT2D eigenvalue weighted by Crippen LogP contribution is 2.32. The zero-order chi connectivity index (χ0) is 16.8. The second-order valence-corrected chi connectivity index (χ2v) is 6.50.